The Morgan fingerprint density at radius 3 is 2.64 bits per heavy atom. The Balaban J connectivity index is 2.15. The maximum absolute atomic E-state index is 5.44. The average molecular weight is 271 g/mol. The van der Waals surface area contributed by atoms with Crippen molar-refractivity contribution in [3.63, 3.8) is 0 Å². The molecular weight excluding hydrogens is 255 g/mol. The standard InChI is InChI=1S/C8H16IO2/c1-6(2)4-9-8-7(3)10-5-11-8/h6-8H,4-5H2,1-3H3/q-1. The van der Waals surface area contributed by atoms with Crippen LogP contribution in [0.5, 0.6) is 0 Å². The molecule has 0 radical (unpaired) electrons. The molecule has 0 aliphatic carbocycles. The van der Waals surface area contributed by atoms with Crippen molar-refractivity contribution in [1.29, 1.82) is 0 Å². The Morgan fingerprint density at radius 1 is 1.45 bits per heavy atom. The molecule has 1 heterocycles. The Morgan fingerprint density at radius 2 is 2.18 bits per heavy atom. The van der Waals surface area contributed by atoms with Crippen LogP contribution >= 0.6 is 0 Å². The van der Waals surface area contributed by atoms with Crippen molar-refractivity contribution in [3.05, 3.63) is 0 Å². The summed E-state index contributed by atoms with van der Waals surface area (Å²) in [5.41, 5.74) is 0. The van der Waals surface area contributed by atoms with E-state index in [2.05, 4.69) is 20.8 Å². The number of alkyl halides is 2. The minimum absolute atomic E-state index is 0.194. The molecule has 1 aliphatic rings. The molecule has 1 aliphatic heterocycles. The molecule has 1 rings (SSSR count). The van der Waals surface area contributed by atoms with Gasteiger partial charge in [-0.3, -0.25) is 0 Å². The molecule has 11 heavy (non-hydrogen) atoms. The average Bonchev–Trinajstić information content (AvgIpc) is 2.31. The van der Waals surface area contributed by atoms with Crippen LogP contribution < -0.4 is 21.2 Å². The summed E-state index contributed by atoms with van der Waals surface area (Å²) in [6.45, 7) is 7.15. The molecule has 0 saturated carbocycles. The number of halogens is 1. The van der Waals surface area contributed by atoms with E-state index < -0.39 is 0 Å². The molecule has 0 amide bonds. The zero-order valence-corrected chi connectivity index (χ0v) is 9.50. The van der Waals surface area contributed by atoms with Gasteiger partial charge in [-0.25, -0.2) is 0 Å². The SMILES string of the molecule is CC(C)C[I-]C1OCOC1C. The monoisotopic (exact) mass is 271 g/mol. The quantitative estimate of drug-likeness (QED) is 0.457. The number of hydrogen-bond acceptors (Lipinski definition) is 2. The molecule has 3 heteroatoms. The molecule has 0 aromatic carbocycles. The molecule has 0 aromatic rings. The second-order valence-electron chi connectivity index (χ2n) is 3.21. The van der Waals surface area contributed by atoms with Gasteiger partial charge in [-0.1, -0.05) is 0 Å². The van der Waals surface area contributed by atoms with Crippen LogP contribution in [0, 0.1) is 5.92 Å². The molecule has 2 unspecified atom stereocenters. The van der Waals surface area contributed by atoms with Gasteiger partial charge in [0.05, 0.1) is 0 Å². The molecule has 1 fully saturated rings. The van der Waals surface area contributed by atoms with Crippen molar-refractivity contribution in [2.24, 2.45) is 5.92 Å². The first-order valence-corrected chi connectivity index (χ1v) is 6.78. The second-order valence-corrected chi connectivity index (χ2v) is 6.20. The van der Waals surface area contributed by atoms with Gasteiger partial charge in [-0.2, -0.15) is 0 Å². The van der Waals surface area contributed by atoms with Gasteiger partial charge in [0.1, 0.15) is 0 Å². The summed E-state index contributed by atoms with van der Waals surface area (Å²) in [5, 5.41) is 0. The van der Waals surface area contributed by atoms with Crippen LogP contribution in [0.1, 0.15) is 20.8 Å². The van der Waals surface area contributed by atoms with Crippen LogP contribution in [0.2, 0.25) is 0 Å². The van der Waals surface area contributed by atoms with Gasteiger partial charge in [0.2, 0.25) is 0 Å². The fraction of sp³-hybridized carbons (Fsp3) is 1.00. The van der Waals surface area contributed by atoms with E-state index in [0.717, 1.165) is 5.92 Å². The molecule has 0 spiro atoms. The van der Waals surface area contributed by atoms with E-state index in [1.165, 1.54) is 4.43 Å². The third kappa shape index (κ3) is 3.25. The topological polar surface area (TPSA) is 18.5 Å². The molecule has 2 atom stereocenters. The van der Waals surface area contributed by atoms with Crippen molar-refractivity contribution in [2.75, 3.05) is 11.2 Å². The van der Waals surface area contributed by atoms with E-state index >= 15 is 0 Å². The van der Waals surface area contributed by atoms with E-state index in [-0.39, 0.29) is 21.2 Å². The fourth-order valence-electron chi connectivity index (χ4n) is 0.859. The van der Waals surface area contributed by atoms with Crippen LogP contribution in [0.4, 0.5) is 0 Å². The third-order valence-corrected chi connectivity index (χ3v) is 5.99. The van der Waals surface area contributed by atoms with E-state index in [1.807, 2.05) is 0 Å². The summed E-state index contributed by atoms with van der Waals surface area (Å²) in [6.07, 6.45) is 0.349. The van der Waals surface area contributed by atoms with Crippen LogP contribution in [0.15, 0.2) is 0 Å². The van der Waals surface area contributed by atoms with Crippen LogP contribution in [-0.4, -0.2) is 21.4 Å². The zero-order chi connectivity index (χ0) is 8.27. The molecule has 68 valence electrons. The van der Waals surface area contributed by atoms with Crippen molar-refractivity contribution >= 4 is 0 Å². The Bertz CT molecular complexity index is 117. The minimum atomic E-state index is 0.194. The van der Waals surface area contributed by atoms with E-state index in [9.17, 15) is 0 Å². The van der Waals surface area contributed by atoms with E-state index in [4.69, 9.17) is 9.47 Å². The van der Waals surface area contributed by atoms with Gasteiger partial charge >= 0.3 is 78.8 Å². The van der Waals surface area contributed by atoms with Crippen molar-refractivity contribution in [1.82, 2.24) is 0 Å². The summed E-state index contributed by atoms with van der Waals surface area (Å²) in [5.74, 6) is 0.819. The van der Waals surface area contributed by atoms with Crippen molar-refractivity contribution in [2.45, 2.75) is 31.0 Å². The summed E-state index contributed by atoms with van der Waals surface area (Å²) in [6, 6.07) is 0. The second kappa shape index (κ2) is 4.62. The van der Waals surface area contributed by atoms with Gasteiger partial charge in [0.25, 0.3) is 0 Å². The zero-order valence-electron chi connectivity index (χ0n) is 7.34. The first-order chi connectivity index (χ1) is 5.20. The number of ether oxygens (including phenoxy) is 2. The summed E-state index contributed by atoms with van der Waals surface area (Å²) in [7, 11) is 0. The summed E-state index contributed by atoms with van der Waals surface area (Å²) < 4.78 is 12.5. The predicted octanol–water partition coefficient (Wildman–Crippen LogP) is -1.55. The molecule has 1 saturated heterocycles. The van der Waals surface area contributed by atoms with Gasteiger partial charge in [0, 0.05) is 0 Å². The number of rotatable bonds is 3. The number of hydrogen-bond donors (Lipinski definition) is 0. The summed E-state index contributed by atoms with van der Waals surface area (Å²) in [4.78, 5) is 0. The van der Waals surface area contributed by atoms with Crippen LogP contribution in [0.3, 0.4) is 0 Å². The van der Waals surface area contributed by atoms with E-state index in [0.29, 0.717) is 17.0 Å². The molecule has 2 nitrogen and oxygen atoms in total. The van der Waals surface area contributed by atoms with Gasteiger partial charge in [-0.05, 0) is 0 Å². The fourth-order valence-corrected chi connectivity index (χ4v) is 3.70. The Hall–Kier alpha value is 0.650. The van der Waals surface area contributed by atoms with Gasteiger partial charge < -0.3 is 0 Å². The van der Waals surface area contributed by atoms with E-state index in [1.54, 1.807) is 0 Å². The van der Waals surface area contributed by atoms with Crippen LogP contribution in [-0.2, 0) is 9.47 Å². The van der Waals surface area contributed by atoms with Crippen molar-refractivity contribution < 1.29 is 30.7 Å². The predicted molar refractivity (Wildman–Crippen MR) is 40.0 cm³/mol. The van der Waals surface area contributed by atoms with Gasteiger partial charge in [0.15, 0.2) is 0 Å². The molecule has 0 aromatic heterocycles. The maximum atomic E-state index is 5.44. The molecular formula is C8H16IO2-. The van der Waals surface area contributed by atoms with Crippen LogP contribution in [0.25, 0.3) is 0 Å². The third-order valence-electron chi connectivity index (χ3n) is 1.48. The molecule has 0 N–H and O–H groups in total. The Kier molecular flexibility index (Phi) is 4.09. The van der Waals surface area contributed by atoms with Crippen molar-refractivity contribution in [3.8, 4) is 0 Å². The first-order valence-electron chi connectivity index (χ1n) is 4.01. The normalized spacial score (nSPS) is 32.0. The molecule has 0 bridgehead atoms. The summed E-state index contributed by atoms with van der Waals surface area (Å²) >= 11 is 0.194. The van der Waals surface area contributed by atoms with Gasteiger partial charge in [-0.15, -0.1) is 0 Å². The first kappa shape index (κ1) is 9.74. The Labute approximate surface area is 78.9 Å².